The van der Waals surface area contributed by atoms with Crippen LogP contribution in [-0.2, 0) is 0 Å². The number of amides is 1. The van der Waals surface area contributed by atoms with Gasteiger partial charge in [0.1, 0.15) is 5.56 Å². The Labute approximate surface area is 158 Å². The van der Waals surface area contributed by atoms with E-state index in [0.29, 0.717) is 5.56 Å². The predicted molar refractivity (Wildman–Crippen MR) is 101 cm³/mol. The zero-order chi connectivity index (χ0) is 19.8. The number of nitro benzene ring substituents is 1. The van der Waals surface area contributed by atoms with Crippen LogP contribution in [-0.4, -0.2) is 22.4 Å². The number of carbonyl (C=O) groups excluding carboxylic acids is 3. The highest BCUT2D eigenvalue weighted by molar-refractivity contribution is 6.32. The Morgan fingerprint density at radius 1 is 0.786 bits per heavy atom. The Balaban J connectivity index is 1.89. The van der Waals surface area contributed by atoms with Crippen molar-refractivity contribution in [3.63, 3.8) is 0 Å². The molecule has 0 bridgehead atoms. The van der Waals surface area contributed by atoms with Crippen LogP contribution in [0.3, 0.4) is 0 Å². The number of ketones is 2. The van der Waals surface area contributed by atoms with Gasteiger partial charge in [0.2, 0.25) is 5.78 Å². The molecule has 0 saturated carbocycles. The summed E-state index contributed by atoms with van der Waals surface area (Å²) in [6.45, 7) is 0. The molecule has 7 nitrogen and oxygen atoms in total. The van der Waals surface area contributed by atoms with E-state index in [4.69, 9.17) is 0 Å². The van der Waals surface area contributed by atoms with E-state index in [0.717, 1.165) is 6.07 Å². The number of nitrogens with one attached hydrogen (secondary N) is 1. The number of anilines is 1. The van der Waals surface area contributed by atoms with Gasteiger partial charge in [-0.2, -0.15) is 0 Å². The highest BCUT2D eigenvalue weighted by Gasteiger charge is 2.37. The fourth-order valence-electron chi connectivity index (χ4n) is 3.25. The van der Waals surface area contributed by atoms with Crippen LogP contribution in [0.25, 0.3) is 0 Å². The molecule has 0 unspecified atom stereocenters. The molecule has 1 aliphatic carbocycles. The van der Waals surface area contributed by atoms with Crippen molar-refractivity contribution in [3.05, 3.63) is 105 Å². The molecule has 3 aromatic rings. The summed E-state index contributed by atoms with van der Waals surface area (Å²) in [7, 11) is 0. The number of hydrogen-bond donors (Lipinski definition) is 1. The van der Waals surface area contributed by atoms with Crippen LogP contribution >= 0.6 is 0 Å². The molecule has 136 valence electrons. The van der Waals surface area contributed by atoms with Gasteiger partial charge in [0, 0.05) is 22.8 Å². The topological polar surface area (TPSA) is 106 Å². The zero-order valence-electron chi connectivity index (χ0n) is 14.3. The van der Waals surface area contributed by atoms with Gasteiger partial charge in [0.05, 0.1) is 16.2 Å². The number of rotatable bonds is 3. The van der Waals surface area contributed by atoms with Crippen LogP contribution in [0.2, 0.25) is 0 Å². The van der Waals surface area contributed by atoms with Crippen LogP contribution in [0.15, 0.2) is 66.7 Å². The number of carbonyl (C=O) groups is 3. The summed E-state index contributed by atoms with van der Waals surface area (Å²) in [4.78, 5) is 49.2. The normalized spacial score (nSPS) is 12.1. The standard InChI is InChI=1S/C21H12N2O5/c24-19-13-8-4-5-9-14(13)20(25)18-16(23(27)28)11-10-15(17(18)19)22-21(26)12-6-2-1-3-7-12/h1-11H,(H,22,26). The fraction of sp³-hybridized carbons (Fsp3) is 0. The molecule has 0 fully saturated rings. The van der Waals surface area contributed by atoms with Crippen LogP contribution in [0, 0.1) is 10.1 Å². The van der Waals surface area contributed by atoms with Gasteiger partial charge >= 0.3 is 0 Å². The second-order valence-electron chi connectivity index (χ2n) is 6.16. The summed E-state index contributed by atoms with van der Waals surface area (Å²) in [6, 6.07) is 16.8. The van der Waals surface area contributed by atoms with E-state index in [1.807, 2.05) is 0 Å². The maximum absolute atomic E-state index is 13.0. The van der Waals surface area contributed by atoms with Gasteiger partial charge in [-0.05, 0) is 18.2 Å². The number of fused-ring (bicyclic) bond motifs is 2. The minimum Gasteiger partial charge on any atom is -0.321 e. The molecular formula is C21H12N2O5. The SMILES string of the molecule is O=C(Nc1ccc([N+](=O)[O-])c2c1C(=O)c1ccccc1C2=O)c1ccccc1. The number of nitro groups is 1. The second kappa shape index (κ2) is 6.55. The maximum atomic E-state index is 13.0. The van der Waals surface area contributed by atoms with E-state index in [2.05, 4.69) is 5.32 Å². The minimum atomic E-state index is -0.708. The maximum Gasteiger partial charge on any atom is 0.281 e. The molecular weight excluding hydrogens is 360 g/mol. The first-order valence-corrected chi connectivity index (χ1v) is 8.35. The first kappa shape index (κ1) is 17.3. The first-order chi connectivity index (χ1) is 13.5. The van der Waals surface area contributed by atoms with E-state index in [-0.39, 0.29) is 27.9 Å². The van der Waals surface area contributed by atoms with Crippen molar-refractivity contribution >= 4 is 28.8 Å². The molecule has 0 atom stereocenters. The Morgan fingerprint density at radius 2 is 1.36 bits per heavy atom. The highest BCUT2D eigenvalue weighted by Crippen LogP contribution is 2.37. The van der Waals surface area contributed by atoms with E-state index in [1.165, 1.54) is 18.2 Å². The van der Waals surface area contributed by atoms with Crippen LogP contribution in [0.4, 0.5) is 11.4 Å². The van der Waals surface area contributed by atoms with Gasteiger partial charge in [-0.25, -0.2) is 0 Å². The molecule has 7 heteroatoms. The Kier molecular flexibility index (Phi) is 4.04. The molecule has 4 rings (SSSR count). The van der Waals surface area contributed by atoms with Gasteiger partial charge in [-0.15, -0.1) is 0 Å². The second-order valence-corrected chi connectivity index (χ2v) is 6.16. The fourth-order valence-corrected chi connectivity index (χ4v) is 3.25. The molecule has 28 heavy (non-hydrogen) atoms. The van der Waals surface area contributed by atoms with Crippen LogP contribution < -0.4 is 5.32 Å². The summed E-state index contributed by atoms with van der Waals surface area (Å²) in [5, 5.41) is 14.0. The summed E-state index contributed by atoms with van der Waals surface area (Å²) in [6.07, 6.45) is 0. The molecule has 0 saturated heterocycles. The lowest BCUT2D eigenvalue weighted by molar-refractivity contribution is -0.385. The van der Waals surface area contributed by atoms with E-state index in [1.54, 1.807) is 42.5 Å². The van der Waals surface area contributed by atoms with E-state index in [9.17, 15) is 24.5 Å². The van der Waals surface area contributed by atoms with Crippen molar-refractivity contribution in [1.29, 1.82) is 0 Å². The molecule has 0 aliphatic heterocycles. The minimum absolute atomic E-state index is 0.0577. The summed E-state index contributed by atoms with van der Waals surface area (Å²) in [5.74, 6) is -1.65. The number of hydrogen-bond acceptors (Lipinski definition) is 5. The van der Waals surface area contributed by atoms with Gasteiger partial charge in [0.25, 0.3) is 11.6 Å². The highest BCUT2D eigenvalue weighted by atomic mass is 16.6. The molecule has 3 aromatic carbocycles. The van der Waals surface area contributed by atoms with E-state index >= 15 is 0 Å². The predicted octanol–water partition coefficient (Wildman–Crippen LogP) is 3.62. The Morgan fingerprint density at radius 3 is 1.96 bits per heavy atom. The third-order valence-electron chi connectivity index (χ3n) is 4.53. The molecule has 0 aromatic heterocycles. The van der Waals surface area contributed by atoms with Gasteiger partial charge in [0.15, 0.2) is 5.78 Å². The largest absolute Gasteiger partial charge is 0.321 e. The lowest BCUT2D eigenvalue weighted by Crippen LogP contribution is -2.25. The average molecular weight is 372 g/mol. The van der Waals surface area contributed by atoms with Crippen molar-refractivity contribution in [2.45, 2.75) is 0 Å². The van der Waals surface area contributed by atoms with Gasteiger partial charge in [-0.3, -0.25) is 24.5 Å². The van der Waals surface area contributed by atoms with Gasteiger partial charge < -0.3 is 5.32 Å². The monoisotopic (exact) mass is 372 g/mol. The zero-order valence-corrected chi connectivity index (χ0v) is 14.3. The molecule has 0 spiro atoms. The van der Waals surface area contributed by atoms with Crippen molar-refractivity contribution < 1.29 is 19.3 Å². The number of benzene rings is 3. The summed E-state index contributed by atoms with van der Waals surface area (Å²) >= 11 is 0. The molecule has 0 radical (unpaired) electrons. The lowest BCUT2D eigenvalue weighted by atomic mass is 9.82. The Hall–Kier alpha value is -4.13. The molecule has 0 heterocycles. The summed E-state index contributed by atoms with van der Waals surface area (Å²) < 4.78 is 0. The van der Waals surface area contributed by atoms with Crippen molar-refractivity contribution in [2.24, 2.45) is 0 Å². The Bertz CT molecular complexity index is 1170. The first-order valence-electron chi connectivity index (χ1n) is 8.35. The van der Waals surface area contributed by atoms with Crippen molar-refractivity contribution in [1.82, 2.24) is 0 Å². The number of nitrogens with zero attached hydrogens (tertiary/aromatic N) is 1. The van der Waals surface area contributed by atoms with Crippen LogP contribution in [0.1, 0.15) is 42.2 Å². The molecule has 1 aliphatic rings. The molecule has 1 amide bonds. The summed E-state index contributed by atoms with van der Waals surface area (Å²) in [5.41, 5.74) is -0.278. The smallest absolute Gasteiger partial charge is 0.281 e. The van der Waals surface area contributed by atoms with Crippen molar-refractivity contribution in [2.75, 3.05) is 5.32 Å². The van der Waals surface area contributed by atoms with E-state index < -0.39 is 28.1 Å². The van der Waals surface area contributed by atoms with Crippen molar-refractivity contribution in [3.8, 4) is 0 Å². The lowest BCUT2D eigenvalue weighted by Gasteiger charge is -2.20. The van der Waals surface area contributed by atoms with Gasteiger partial charge in [-0.1, -0.05) is 42.5 Å². The third kappa shape index (κ3) is 2.66. The van der Waals surface area contributed by atoms with Crippen LogP contribution in [0.5, 0.6) is 0 Å². The quantitative estimate of drug-likeness (QED) is 0.437. The molecule has 1 N–H and O–H groups in total. The average Bonchev–Trinajstić information content (AvgIpc) is 2.72. The third-order valence-corrected chi connectivity index (χ3v) is 4.53.